The van der Waals surface area contributed by atoms with Crippen LogP contribution in [-0.2, 0) is 0 Å². The van der Waals surface area contributed by atoms with Gasteiger partial charge in [0.25, 0.3) is 5.91 Å². The summed E-state index contributed by atoms with van der Waals surface area (Å²) >= 11 is 6.16. The molecule has 0 aliphatic carbocycles. The lowest BCUT2D eigenvalue weighted by molar-refractivity contribution is 0.102. The van der Waals surface area contributed by atoms with Gasteiger partial charge in [-0.3, -0.25) is 9.69 Å². The number of piperidine rings is 1. The molecule has 1 fully saturated rings. The molecule has 4 rings (SSSR count). The molecule has 0 spiro atoms. The highest BCUT2D eigenvalue weighted by molar-refractivity contribution is 6.34. The molecule has 1 amide bonds. The zero-order chi connectivity index (χ0) is 22.3. The maximum Gasteiger partial charge on any atom is 0.258 e. The molecule has 0 radical (unpaired) electrons. The molecule has 1 aliphatic rings. The number of hydrogen-bond donors (Lipinski definition) is 1. The molecule has 1 saturated heterocycles. The number of nitrogens with zero attached hydrogens (tertiary/aromatic N) is 3. The molecule has 0 saturated carbocycles. The molecule has 166 valence electrons. The number of methoxy groups -OCH3 is 1. The van der Waals surface area contributed by atoms with Crippen LogP contribution in [0.1, 0.15) is 34.8 Å². The van der Waals surface area contributed by atoms with Crippen molar-refractivity contribution in [1.82, 2.24) is 14.7 Å². The maximum absolute atomic E-state index is 12.6. The Balaban J connectivity index is 1.32. The van der Waals surface area contributed by atoms with Crippen molar-refractivity contribution in [3.8, 4) is 5.75 Å². The van der Waals surface area contributed by atoms with Crippen LogP contribution in [-0.4, -0.2) is 47.3 Å². The van der Waals surface area contributed by atoms with Crippen molar-refractivity contribution in [2.24, 2.45) is 0 Å². The fraction of sp³-hybridized carbons (Fsp3) is 0.280. The van der Waals surface area contributed by atoms with E-state index in [1.54, 1.807) is 31.5 Å². The summed E-state index contributed by atoms with van der Waals surface area (Å²) in [5.41, 5.74) is 1.54. The average molecular weight is 451 g/mol. The molecule has 0 atom stereocenters. The van der Waals surface area contributed by atoms with Crippen molar-refractivity contribution in [3.63, 3.8) is 0 Å². The van der Waals surface area contributed by atoms with E-state index in [1.165, 1.54) is 0 Å². The first-order valence-corrected chi connectivity index (χ1v) is 11.1. The van der Waals surface area contributed by atoms with Crippen LogP contribution in [0.5, 0.6) is 5.75 Å². The number of carbonyl (C=O) groups is 1. The number of likely N-dealkylation sites (tertiary alicyclic amines) is 1. The molecule has 6 nitrogen and oxygen atoms in total. The van der Waals surface area contributed by atoms with Gasteiger partial charge in [-0.1, -0.05) is 54.1 Å². The molecule has 7 heteroatoms. The van der Waals surface area contributed by atoms with Gasteiger partial charge in [0.05, 0.1) is 29.9 Å². The third-order valence-corrected chi connectivity index (χ3v) is 6.06. The van der Waals surface area contributed by atoms with E-state index < -0.39 is 0 Å². The molecule has 0 unspecified atom stereocenters. The van der Waals surface area contributed by atoms with Gasteiger partial charge in [-0.2, -0.15) is 5.10 Å². The summed E-state index contributed by atoms with van der Waals surface area (Å²) in [5, 5.41) is 7.87. The second-order valence-electron chi connectivity index (χ2n) is 7.77. The number of aromatic nitrogens is 2. The maximum atomic E-state index is 12.6. The summed E-state index contributed by atoms with van der Waals surface area (Å²) in [6.07, 6.45) is 7.96. The van der Waals surface area contributed by atoms with E-state index in [4.69, 9.17) is 16.3 Å². The van der Waals surface area contributed by atoms with Crippen LogP contribution in [0.3, 0.4) is 0 Å². The van der Waals surface area contributed by atoms with Crippen LogP contribution in [0.25, 0.3) is 6.08 Å². The number of para-hydroxylation sites is 1. The largest absolute Gasteiger partial charge is 0.496 e. The summed E-state index contributed by atoms with van der Waals surface area (Å²) < 4.78 is 7.33. The summed E-state index contributed by atoms with van der Waals surface area (Å²) in [4.78, 5) is 15.1. The molecule has 2 aromatic carbocycles. The zero-order valence-electron chi connectivity index (χ0n) is 18.1. The van der Waals surface area contributed by atoms with E-state index in [0.29, 0.717) is 16.4 Å². The molecular formula is C25H27ClN4O2. The van der Waals surface area contributed by atoms with Crippen LogP contribution in [0.2, 0.25) is 5.02 Å². The van der Waals surface area contributed by atoms with Gasteiger partial charge < -0.3 is 10.1 Å². The first-order chi connectivity index (χ1) is 15.7. The van der Waals surface area contributed by atoms with Crippen LogP contribution in [0.15, 0.2) is 66.9 Å². The van der Waals surface area contributed by atoms with Gasteiger partial charge in [0, 0.05) is 31.3 Å². The molecule has 1 aliphatic heterocycles. The number of amides is 1. The van der Waals surface area contributed by atoms with Crippen LogP contribution >= 0.6 is 11.6 Å². The van der Waals surface area contributed by atoms with E-state index in [1.807, 2.05) is 35.0 Å². The first kappa shape index (κ1) is 22.1. The average Bonchev–Trinajstić information content (AvgIpc) is 3.28. The summed E-state index contributed by atoms with van der Waals surface area (Å²) in [5.74, 6) is 1.35. The summed E-state index contributed by atoms with van der Waals surface area (Å²) in [6, 6.07) is 17.1. The van der Waals surface area contributed by atoms with Gasteiger partial charge in [0.15, 0.2) is 0 Å². The summed E-state index contributed by atoms with van der Waals surface area (Å²) in [6.45, 7) is 2.83. The topological polar surface area (TPSA) is 59.4 Å². The number of halogens is 1. The second-order valence-corrected chi connectivity index (χ2v) is 8.18. The number of benzene rings is 2. The summed E-state index contributed by atoms with van der Waals surface area (Å²) in [7, 11) is 1.69. The normalized spacial score (nSPS) is 15.2. The molecule has 1 aromatic heterocycles. The number of nitrogens with one attached hydrogen (secondary N) is 1. The van der Waals surface area contributed by atoms with Gasteiger partial charge >= 0.3 is 0 Å². The van der Waals surface area contributed by atoms with E-state index in [-0.39, 0.29) is 11.9 Å². The quantitative estimate of drug-likeness (QED) is 0.541. The van der Waals surface area contributed by atoms with Crippen molar-refractivity contribution >= 4 is 29.4 Å². The minimum Gasteiger partial charge on any atom is -0.496 e. The van der Waals surface area contributed by atoms with E-state index in [2.05, 4.69) is 33.5 Å². The standard InChI is InChI=1S/C25H27ClN4O2/c1-32-23-11-5-2-7-19(23)8-6-16-29-17-13-20(14-18-29)30-24(12-15-27-30)28-25(31)21-9-3-4-10-22(21)26/h2-12,15,20H,13-14,16-18H2,1H3,(H,28,31). The van der Waals surface area contributed by atoms with Gasteiger partial charge in [0.2, 0.25) is 0 Å². The highest BCUT2D eigenvalue weighted by Crippen LogP contribution is 2.26. The van der Waals surface area contributed by atoms with Crippen molar-refractivity contribution in [1.29, 1.82) is 0 Å². The lowest BCUT2D eigenvalue weighted by Crippen LogP contribution is -2.35. The van der Waals surface area contributed by atoms with E-state index in [0.717, 1.165) is 43.8 Å². The van der Waals surface area contributed by atoms with Gasteiger partial charge in [-0.25, -0.2) is 4.68 Å². The Morgan fingerprint density at radius 3 is 2.69 bits per heavy atom. The Labute approximate surface area is 193 Å². The van der Waals surface area contributed by atoms with Crippen molar-refractivity contribution in [3.05, 3.63) is 83.0 Å². The van der Waals surface area contributed by atoms with E-state index >= 15 is 0 Å². The fourth-order valence-corrected chi connectivity index (χ4v) is 4.23. The highest BCUT2D eigenvalue weighted by Gasteiger charge is 2.23. The van der Waals surface area contributed by atoms with Crippen molar-refractivity contribution in [2.45, 2.75) is 18.9 Å². The predicted octanol–water partition coefficient (Wildman–Crippen LogP) is 5.15. The second kappa shape index (κ2) is 10.5. The number of anilines is 1. The van der Waals surface area contributed by atoms with Crippen LogP contribution in [0, 0.1) is 0 Å². The Hall–Kier alpha value is -3.09. The van der Waals surface area contributed by atoms with Crippen LogP contribution < -0.4 is 10.1 Å². The predicted molar refractivity (Wildman–Crippen MR) is 128 cm³/mol. The smallest absolute Gasteiger partial charge is 0.258 e. The molecule has 2 heterocycles. The molecule has 32 heavy (non-hydrogen) atoms. The molecular weight excluding hydrogens is 424 g/mol. The molecule has 1 N–H and O–H groups in total. The van der Waals surface area contributed by atoms with Crippen LogP contribution in [0.4, 0.5) is 5.82 Å². The lowest BCUT2D eigenvalue weighted by Gasteiger charge is -2.32. The lowest BCUT2D eigenvalue weighted by atomic mass is 10.1. The third-order valence-electron chi connectivity index (χ3n) is 5.73. The number of ether oxygens (including phenoxy) is 1. The minimum absolute atomic E-state index is 0.226. The third kappa shape index (κ3) is 5.21. The van der Waals surface area contributed by atoms with Crippen molar-refractivity contribution in [2.75, 3.05) is 32.1 Å². The van der Waals surface area contributed by atoms with Crippen molar-refractivity contribution < 1.29 is 9.53 Å². The number of rotatable bonds is 7. The van der Waals surface area contributed by atoms with Gasteiger partial charge in [0.1, 0.15) is 11.6 Å². The van der Waals surface area contributed by atoms with Gasteiger partial charge in [-0.05, 0) is 31.0 Å². The van der Waals surface area contributed by atoms with Gasteiger partial charge in [-0.15, -0.1) is 0 Å². The fourth-order valence-electron chi connectivity index (χ4n) is 4.01. The first-order valence-electron chi connectivity index (χ1n) is 10.8. The SMILES string of the molecule is COc1ccccc1C=CCN1CCC(n2nccc2NC(=O)c2ccccc2Cl)CC1. The molecule has 3 aromatic rings. The zero-order valence-corrected chi connectivity index (χ0v) is 18.8. The minimum atomic E-state index is -0.226. The number of hydrogen-bond acceptors (Lipinski definition) is 4. The molecule has 0 bridgehead atoms. The number of carbonyl (C=O) groups excluding carboxylic acids is 1. The Bertz CT molecular complexity index is 1090. The monoisotopic (exact) mass is 450 g/mol. The highest BCUT2D eigenvalue weighted by atomic mass is 35.5. The van der Waals surface area contributed by atoms with E-state index in [9.17, 15) is 4.79 Å². The Kier molecular flexibility index (Phi) is 7.24. The Morgan fingerprint density at radius 2 is 1.91 bits per heavy atom. The Morgan fingerprint density at radius 1 is 1.16 bits per heavy atom.